The summed E-state index contributed by atoms with van der Waals surface area (Å²) in [5.41, 5.74) is -1.48. The van der Waals surface area contributed by atoms with Gasteiger partial charge in [0.2, 0.25) is 0 Å². The molecule has 4 aliphatic carbocycles. The van der Waals surface area contributed by atoms with Crippen LogP contribution in [0.25, 0.3) is 0 Å². The second kappa shape index (κ2) is 7.96. The van der Waals surface area contributed by atoms with Gasteiger partial charge in [-0.15, -0.1) is 0 Å². The molecular weight excluding hydrogens is 388 g/mol. The van der Waals surface area contributed by atoms with E-state index in [9.17, 15) is 20.4 Å². The van der Waals surface area contributed by atoms with Gasteiger partial charge < -0.3 is 20.4 Å². The van der Waals surface area contributed by atoms with Crippen molar-refractivity contribution in [3.63, 3.8) is 0 Å². The highest BCUT2D eigenvalue weighted by Crippen LogP contribution is 2.68. The van der Waals surface area contributed by atoms with Crippen LogP contribution in [-0.4, -0.2) is 43.8 Å². The zero-order valence-corrected chi connectivity index (χ0v) is 20.6. The van der Waals surface area contributed by atoms with Crippen molar-refractivity contribution in [2.24, 2.45) is 40.4 Å². The Labute approximate surface area is 189 Å². The molecule has 0 aromatic heterocycles. The van der Waals surface area contributed by atoms with Gasteiger partial charge in [0, 0.05) is 0 Å². The molecule has 4 rings (SSSR count). The summed E-state index contributed by atoms with van der Waals surface area (Å²) in [7, 11) is 0. The Balaban J connectivity index is 1.52. The van der Waals surface area contributed by atoms with Gasteiger partial charge in [-0.25, -0.2) is 0 Å². The number of hydrogen-bond donors (Lipinski definition) is 4. The predicted octanol–water partition coefficient (Wildman–Crippen LogP) is 4.67. The third-order valence-electron chi connectivity index (χ3n) is 11.0. The lowest BCUT2D eigenvalue weighted by molar-refractivity contribution is -0.168. The molecule has 4 heteroatoms. The summed E-state index contributed by atoms with van der Waals surface area (Å²) in [4.78, 5) is 0. The van der Waals surface area contributed by atoms with Gasteiger partial charge in [-0.1, -0.05) is 13.8 Å². The van der Waals surface area contributed by atoms with Crippen molar-refractivity contribution in [1.29, 1.82) is 0 Å². The minimum atomic E-state index is -1.11. The number of fused-ring (bicyclic) bond motifs is 5. The first-order valence-electron chi connectivity index (χ1n) is 13.1. The second-order valence-corrected chi connectivity index (χ2v) is 13.4. The molecule has 4 fully saturated rings. The van der Waals surface area contributed by atoms with Crippen molar-refractivity contribution in [1.82, 2.24) is 0 Å². The Morgan fingerprint density at radius 1 is 0.871 bits per heavy atom. The molecule has 0 spiro atoms. The molecule has 31 heavy (non-hydrogen) atoms. The van der Waals surface area contributed by atoms with Crippen LogP contribution in [0.2, 0.25) is 0 Å². The van der Waals surface area contributed by atoms with Crippen LogP contribution < -0.4 is 0 Å². The maximum absolute atomic E-state index is 11.6. The van der Waals surface area contributed by atoms with E-state index in [0.717, 1.165) is 37.5 Å². The Bertz CT molecular complexity index is 654. The summed E-state index contributed by atoms with van der Waals surface area (Å²) < 4.78 is 0. The van der Waals surface area contributed by atoms with Crippen LogP contribution in [0.3, 0.4) is 0 Å². The van der Waals surface area contributed by atoms with E-state index < -0.39 is 17.3 Å². The molecule has 180 valence electrons. The van der Waals surface area contributed by atoms with E-state index in [1.165, 1.54) is 32.1 Å². The van der Waals surface area contributed by atoms with E-state index in [-0.39, 0.29) is 17.4 Å². The molecule has 0 bridgehead atoms. The third-order valence-corrected chi connectivity index (χ3v) is 11.0. The summed E-state index contributed by atoms with van der Waals surface area (Å²) in [5.74, 6) is 2.89. The normalized spacial score (nSPS) is 48.3. The predicted molar refractivity (Wildman–Crippen MR) is 123 cm³/mol. The number of hydrogen-bond acceptors (Lipinski definition) is 4. The average molecular weight is 437 g/mol. The molecule has 0 amide bonds. The van der Waals surface area contributed by atoms with Crippen LogP contribution in [0.4, 0.5) is 0 Å². The van der Waals surface area contributed by atoms with Crippen molar-refractivity contribution in [3.8, 4) is 0 Å². The van der Waals surface area contributed by atoms with Gasteiger partial charge in [0.25, 0.3) is 0 Å². The third kappa shape index (κ3) is 4.02. The van der Waals surface area contributed by atoms with Gasteiger partial charge in [0.1, 0.15) is 0 Å². The fourth-order valence-electron chi connectivity index (χ4n) is 9.21. The Morgan fingerprint density at radius 3 is 2.19 bits per heavy atom. The molecular formula is C27H48O4. The largest absolute Gasteiger partial charge is 0.393 e. The molecule has 0 aromatic carbocycles. The fraction of sp³-hybridized carbons (Fsp3) is 1.00. The van der Waals surface area contributed by atoms with Crippen LogP contribution in [0.1, 0.15) is 105 Å². The van der Waals surface area contributed by atoms with Gasteiger partial charge in [0.05, 0.1) is 23.4 Å². The van der Waals surface area contributed by atoms with Crippen molar-refractivity contribution in [2.45, 2.75) is 129 Å². The molecule has 0 aliphatic heterocycles. The molecule has 10 atom stereocenters. The van der Waals surface area contributed by atoms with Crippen molar-refractivity contribution >= 4 is 0 Å². The SMILES string of the molecule is CC(C)(O)CC[C@@H](O)[C@](C)(O)[C@H]1CC[C@H]2[C@@H]3CC[C@H]4C[C@@H](O)CC[C@]4(C)[C@H]3CC[C@]12C. The van der Waals surface area contributed by atoms with Gasteiger partial charge in [-0.05, 0) is 132 Å². The van der Waals surface area contributed by atoms with E-state index in [1.807, 2.05) is 6.92 Å². The van der Waals surface area contributed by atoms with E-state index in [4.69, 9.17) is 0 Å². The Morgan fingerprint density at radius 2 is 1.52 bits per heavy atom. The van der Waals surface area contributed by atoms with Crippen LogP contribution in [0.5, 0.6) is 0 Å². The van der Waals surface area contributed by atoms with Gasteiger partial charge in [0.15, 0.2) is 0 Å². The van der Waals surface area contributed by atoms with Crippen LogP contribution in [0, 0.1) is 40.4 Å². The van der Waals surface area contributed by atoms with Crippen LogP contribution in [0.15, 0.2) is 0 Å². The lowest BCUT2D eigenvalue weighted by Crippen LogP contribution is -2.57. The highest BCUT2D eigenvalue weighted by molar-refractivity contribution is 5.12. The van der Waals surface area contributed by atoms with E-state index in [2.05, 4.69) is 13.8 Å². The van der Waals surface area contributed by atoms with Crippen molar-refractivity contribution < 1.29 is 20.4 Å². The van der Waals surface area contributed by atoms with E-state index >= 15 is 0 Å². The molecule has 4 saturated carbocycles. The smallest absolute Gasteiger partial charge is 0.0910 e. The number of aliphatic hydroxyl groups excluding tert-OH is 2. The van der Waals surface area contributed by atoms with Crippen LogP contribution in [-0.2, 0) is 0 Å². The number of rotatable bonds is 5. The highest BCUT2D eigenvalue weighted by Gasteiger charge is 2.63. The van der Waals surface area contributed by atoms with Crippen molar-refractivity contribution in [3.05, 3.63) is 0 Å². The first-order valence-corrected chi connectivity index (χ1v) is 13.1. The summed E-state index contributed by atoms with van der Waals surface area (Å²) in [5, 5.41) is 42.9. The molecule has 0 saturated heterocycles. The van der Waals surface area contributed by atoms with E-state index in [1.54, 1.807) is 13.8 Å². The standard InChI is InChI=1S/C27H48O4/c1-24(2,30)13-12-23(29)27(5,31)22-9-8-20-19-7-6-17-16-18(28)10-14-25(17,3)21(19)11-15-26(20,22)4/h17-23,28-31H,6-16H2,1-5H3/t17-,18-,19-,20-,21-,22-,23+,25-,26-,27+/m0/s1. The molecule has 4 N–H and O–H groups in total. The molecule has 0 aromatic rings. The Kier molecular flexibility index (Phi) is 6.16. The second-order valence-electron chi connectivity index (χ2n) is 13.4. The minimum absolute atomic E-state index is 0.0811. The molecule has 4 nitrogen and oxygen atoms in total. The lowest BCUT2D eigenvalue weighted by Gasteiger charge is -2.61. The molecule has 0 radical (unpaired) electrons. The average Bonchev–Trinajstić information content (AvgIpc) is 3.04. The summed E-state index contributed by atoms with van der Waals surface area (Å²) >= 11 is 0. The summed E-state index contributed by atoms with van der Waals surface area (Å²) in [6.07, 6.45) is 10.2. The van der Waals surface area contributed by atoms with Crippen LogP contribution >= 0.6 is 0 Å². The maximum Gasteiger partial charge on any atom is 0.0910 e. The molecule has 0 unspecified atom stereocenters. The molecule has 4 aliphatic rings. The van der Waals surface area contributed by atoms with Gasteiger partial charge >= 0.3 is 0 Å². The monoisotopic (exact) mass is 436 g/mol. The zero-order chi connectivity index (χ0) is 22.8. The number of aliphatic hydroxyl groups is 4. The lowest BCUT2D eigenvalue weighted by atomic mass is 9.44. The first kappa shape index (κ1) is 24.0. The zero-order valence-electron chi connectivity index (χ0n) is 20.6. The summed E-state index contributed by atoms with van der Waals surface area (Å²) in [6.45, 7) is 10.3. The van der Waals surface area contributed by atoms with E-state index in [0.29, 0.717) is 30.1 Å². The maximum atomic E-state index is 11.6. The molecule has 0 heterocycles. The van der Waals surface area contributed by atoms with Gasteiger partial charge in [-0.2, -0.15) is 0 Å². The topological polar surface area (TPSA) is 80.9 Å². The minimum Gasteiger partial charge on any atom is -0.393 e. The quantitative estimate of drug-likeness (QED) is 0.505. The fourth-order valence-corrected chi connectivity index (χ4v) is 9.21. The summed E-state index contributed by atoms with van der Waals surface area (Å²) in [6, 6.07) is 0. The Hall–Kier alpha value is -0.160. The van der Waals surface area contributed by atoms with Crippen molar-refractivity contribution in [2.75, 3.05) is 0 Å². The van der Waals surface area contributed by atoms with Gasteiger partial charge in [-0.3, -0.25) is 0 Å². The highest BCUT2D eigenvalue weighted by atomic mass is 16.3. The first-order chi connectivity index (χ1) is 14.3.